The first-order valence-corrected chi connectivity index (χ1v) is 28.8. The van der Waals surface area contributed by atoms with Gasteiger partial charge in [0.2, 0.25) is 0 Å². The van der Waals surface area contributed by atoms with Crippen LogP contribution < -0.4 is 0 Å². The number of hydrogen-bond donors (Lipinski definition) is 0. The molecule has 1 fully saturated rings. The Labute approximate surface area is 269 Å². The van der Waals surface area contributed by atoms with Crippen LogP contribution in [0.5, 0.6) is 0 Å². The summed E-state index contributed by atoms with van der Waals surface area (Å²) < 4.78 is 5.97. The summed E-state index contributed by atoms with van der Waals surface area (Å²) in [4.78, 5) is 10.7. The molecule has 1 aliphatic carbocycles. The zero-order valence-corrected chi connectivity index (χ0v) is 36.3. The third-order valence-electron chi connectivity index (χ3n) is 12.9. The minimum atomic E-state index is -1.71. The molecule has 1 rings (SSSR count). The van der Waals surface area contributed by atoms with Gasteiger partial charge in [-0.2, -0.15) is 0 Å². The van der Waals surface area contributed by atoms with Crippen LogP contribution in [0.4, 0.5) is 0 Å². The van der Waals surface area contributed by atoms with E-state index in [9.17, 15) is 0 Å². The Kier molecular flexibility index (Phi) is 12.9. The molecule has 2 atom stereocenters. The smallest absolute Gasteiger partial charge is 0.121 e. The van der Waals surface area contributed by atoms with Crippen LogP contribution in [-0.4, -0.2) is 79.0 Å². The molecule has 0 heterocycles. The Morgan fingerprint density at radius 1 is 0.476 bits per heavy atom. The molecule has 42 heavy (non-hydrogen) atoms. The Balaban J connectivity index is 3.31. The Bertz CT molecular complexity index is 797. The quantitative estimate of drug-likeness (QED) is 0.174. The highest BCUT2D eigenvalue weighted by atomic mass is 28.4. The summed E-state index contributed by atoms with van der Waals surface area (Å²) in [6, 6.07) is 0.648. The van der Waals surface area contributed by atoms with E-state index in [1.54, 1.807) is 0 Å². The van der Waals surface area contributed by atoms with Crippen LogP contribution in [0.3, 0.4) is 0 Å². The van der Waals surface area contributed by atoms with Crippen LogP contribution in [0.15, 0.2) is 9.98 Å². The lowest BCUT2D eigenvalue weighted by Crippen LogP contribution is -2.68. The largest absolute Gasteiger partial charge is 0.340 e. The van der Waals surface area contributed by atoms with Gasteiger partial charge in [0.15, 0.2) is 0 Å². The second-order valence-corrected chi connectivity index (χ2v) is 41.1. The standard InChI is InChI=1S/C34H76N4Si4/c1-31(2,3)39(13,14)37(40(15,16)32(4,5)6)27-25-35-29-23-21-22-24-30(29)36-26-28-38(41(17,18)33(7,8)9)42(19,20)34(10,11)12/h25-26,29-30H,21-24,27-28H2,1-20H3/t29-,30-/m1/s1. The number of rotatable bonds is 10. The zero-order chi connectivity index (χ0) is 33.4. The van der Waals surface area contributed by atoms with Crippen molar-refractivity contribution in [2.45, 2.75) is 193 Å². The van der Waals surface area contributed by atoms with E-state index in [1.807, 2.05) is 0 Å². The highest BCUT2D eigenvalue weighted by molar-refractivity contribution is 6.94. The molecule has 0 bridgehead atoms. The van der Waals surface area contributed by atoms with Gasteiger partial charge in [0.25, 0.3) is 0 Å². The summed E-state index contributed by atoms with van der Waals surface area (Å²) in [5.74, 6) is 0. The Morgan fingerprint density at radius 2 is 0.690 bits per heavy atom. The first-order chi connectivity index (χ1) is 18.4. The highest BCUT2D eigenvalue weighted by Gasteiger charge is 2.52. The van der Waals surface area contributed by atoms with Gasteiger partial charge in [-0.3, -0.25) is 9.98 Å². The van der Waals surface area contributed by atoms with Crippen molar-refractivity contribution in [3.8, 4) is 0 Å². The van der Waals surface area contributed by atoms with Crippen molar-refractivity contribution in [1.82, 2.24) is 8.46 Å². The molecule has 1 aliphatic rings. The molecule has 0 N–H and O–H groups in total. The molecule has 8 heteroatoms. The predicted octanol–water partition coefficient (Wildman–Crippen LogP) is 11.1. The van der Waals surface area contributed by atoms with E-state index in [4.69, 9.17) is 9.98 Å². The van der Waals surface area contributed by atoms with Gasteiger partial charge >= 0.3 is 0 Å². The van der Waals surface area contributed by atoms with E-state index in [1.165, 1.54) is 25.7 Å². The van der Waals surface area contributed by atoms with Crippen LogP contribution >= 0.6 is 0 Å². The average Bonchev–Trinajstić information content (AvgIpc) is 2.76. The van der Waals surface area contributed by atoms with Crippen molar-refractivity contribution < 1.29 is 0 Å². The minimum Gasteiger partial charge on any atom is -0.340 e. The normalized spacial score (nSPS) is 21.4. The van der Waals surface area contributed by atoms with E-state index >= 15 is 0 Å². The summed E-state index contributed by atoms with van der Waals surface area (Å²) in [7, 11) is -6.83. The topological polar surface area (TPSA) is 31.2 Å². The third-order valence-corrected chi connectivity index (χ3v) is 40.4. The predicted molar refractivity (Wildman–Crippen MR) is 205 cm³/mol. The lowest BCUT2D eigenvalue weighted by atomic mass is 9.91. The molecule has 0 aromatic carbocycles. The van der Waals surface area contributed by atoms with Crippen molar-refractivity contribution >= 4 is 45.4 Å². The van der Waals surface area contributed by atoms with Gasteiger partial charge in [-0.15, -0.1) is 0 Å². The lowest BCUT2D eigenvalue weighted by molar-refractivity contribution is 0.388. The minimum absolute atomic E-state index is 0.314. The van der Waals surface area contributed by atoms with E-state index in [2.05, 4.69) is 156 Å². The maximum atomic E-state index is 5.34. The molecule has 0 aliphatic heterocycles. The molecule has 0 saturated heterocycles. The fraction of sp³-hybridized carbons (Fsp3) is 0.941. The number of aliphatic imine (C=N–C) groups is 2. The summed E-state index contributed by atoms with van der Waals surface area (Å²) in [5, 5.41) is 1.25. The zero-order valence-electron chi connectivity index (χ0n) is 32.3. The molecular weight excluding hydrogens is 577 g/mol. The van der Waals surface area contributed by atoms with Gasteiger partial charge < -0.3 is 8.46 Å². The summed E-state index contributed by atoms with van der Waals surface area (Å²) in [5.41, 5.74) is 0. The van der Waals surface area contributed by atoms with Crippen LogP contribution in [0.1, 0.15) is 109 Å². The van der Waals surface area contributed by atoms with Gasteiger partial charge in [-0.25, -0.2) is 0 Å². The average molecular weight is 653 g/mol. The van der Waals surface area contributed by atoms with E-state index in [0.717, 1.165) is 13.1 Å². The van der Waals surface area contributed by atoms with Crippen molar-refractivity contribution in [1.29, 1.82) is 0 Å². The molecular formula is C34H76N4Si4. The third kappa shape index (κ3) is 8.89. The van der Waals surface area contributed by atoms with E-state index in [0.29, 0.717) is 32.2 Å². The van der Waals surface area contributed by atoms with Crippen LogP contribution in [-0.2, 0) is 0 Å². The Hall–Kier alpha value is 0.128. The maximum absolute atomic E-state index is 5.34. The first-order valence-electron chi connectivity index (χ1n) is 17.0. The highest BCUT2D eigenvalue weighted by Crippen LogP contribution is 2.48. The van der Waals surface area contributed by atoms with Crippen molar-refractivity contribution in [2.24, 2.45) is 9.98 Å². The van der Waals surface area contributed by atoms with E-state index < -0.39 is 32.9 Å². The summed E-state index contributed by atoms with van der Waals surface area (Å²) in [6.07, 6.45) is 9.54. The van der Waals surface area contributed by atoms with Crippen LogP contribution in [0, 0.1) is 0 Å². The molecule has 4 nitrogen and oxygen atoms in total. The number of nitrogens with zero attached hydrogens (tertiary/aromatic N) is 4. The van der Waals surface area contributed by atoms with Crippen molar-refractivity contribution in [2.75, 3.05) is 13.1 Å². The van der Waals surface area contributed by atoms with Crippen LogP contribution in [0.2, 0.25) is 72.5 Å². The SMILES string of the molecule is CC(C)(C)[Si](C)(C)N(CC=N[C@@H]1CCCC[C@H]1N=CCN([Si](C)(C)C(C)(C)C)[Si](C)(C)C(C)(C)C)[Si](C)(C)C(C)(C)C. The fourth-order valence-electron chi connectivity index (χ4n) is 5.90. The lowest BCUT2D eigenvalue weighted by Gasteiger charge is -2.56. The second kappa shape index (κ2) is 13.5. The summed E-state index contributed by atoms with van der Waals surface area (Å²) >= 11 is 0. The molecule has 0 radical (unpaired) electrons. The molecule has 0 aromatic heterocycles. The monoisotopic (exact) mass is 653 g/mol. The summed E-state index contributed by atoms with van der Waals surface area (Å²) in [6.45, 7) is 52.2. The second-order valence-electron chi connectivity index (χ2n) is 19.5. The maximum Gasteiger partial charge on any atom is 0.121 e. The molecule has 0 amide bonds. The molecule has 0 unspecified atom stereocenters. The Morgan fingerprint density at radius 3 is 0.881 bits per heavy atom. The van der Waals surface area contributed by atoms with Gasteiger partial charge in [-0.1, -0.05) is 148 Å². The molecule has 1 saturated carbocycles. The molecule has 0 spiro atoms. The van der Waals surface area contributed by atoms with Crippen molar-refractivity contribution in [3.63, 3.8) is 0 Å². The number of hydrogen-bond acceptors (Lipinski definition) is 4. The van der Waals surface area contributed by atoms with E-state index in [-0.39, 0.29) is 0 Å². The van der Waals surface area contributed by atoms with Gasteiger partial charge in [0, 0.05) is 25.5 Å². The fourth-order valence-corrected chi connectivity index (χ4v) is 26.5. The van der Waals surface area contributed by atoms with Gasteiger partial charge in [-0.05, 0) is 33.0 Å². The van der Waals surface area contributed by atoms with Crippen molar-refractivity contribution in [3.05, 3.63) is 0 Å². The molecule has 248 valence electrons. The van der Waals surface area contributed by atoms with Crippen LogP contribution in [0.25, 0.3) is 0 Å². The van der Waals surface area contributed by atoms with Gasteiger partial charge in [0.05, 0.1) is 12.1 Å². The first kappa shape index (κ1) is 40.2. The molecule has 0 aromatic rings. The van der Waals surface area contributed by atoms with Gasteiger partial charge in [0.1, 0.15) is 32.9 Å².